The van der Waals surface area contributed by atoms with E-state index >= 15 is 0 Å². The zero-order chi connectivity index (χ0) is 22.0. The van der Waals surface area contributed by atoms with Gasteiger partial charge in [-0.2, -0.15) is 0 Å². The van der Waals surface area contributed by atoms with Crippen molar-refractivity contribution in [3.63, 3.8) is 0 Å². The lowest BCUT2D eigenvalue weighted by Gasteiger charge is -2.16. The molecule has 0 bridgehead atoms. The van der Waals surface area contributed by atoms with Gasteiger partial charge >= 0.3 is 0 Å². The van der Waals surface area contributed by atoms with Crippen LogP contribution in [0.4, 0.5) is 8.78 Å². The Bertz CT molecular complexity index is 1220. The van der Waals surface area contributed by atoms with Crippen LogP contribution in [0.1, 0.15) is 22.6 Å². The van der Waals surface area contributed by atoms with E-state index in [4.69, 9.17) is 21.7 Å². The summed E-state index contributed by atoms with van der Waals surface area (Å²) in [5.74, 6) is -1.61. The molecular formula is C21H17ClF2N4O2. The lowest BCUT2D eigenvalue weighted by atomic mass is 10.1. The Labute approximate surface area is 176 Å². The van der Waals surface area contributed by atoms with Crippen LogP contribution in [0.15, 0.2) is 48.0 Å². The second kappa shape index (κ2) is 8.54. The summed E-state index contributed by atoms with van der Waals surface area (Å²) in [6.45, 7) is 6.68. The van der Waals surface area contributed by atoms with Crippen LogP contribution in [-0.4, -0.2) is 20.2 Å². The van der Waals surface area contributed by atoms with Gasteiger partial charge in [0.05, 0.1) is 23.3 Å². The lowest BCUT2D eigenvalue weighted by Crippen LogP contribution is -2.23. The fourth-order valence-corrected chi connectivity index (χ4v) is 2.98. The highest BCUT2D eigenvalue weighted by atomic mass is 35.5. The Morgan fingerprint density at radius 3 is 2.67 bits per heavy atom. The second-order valence-electron chi connectivity index (χ2n) is 6.45. The Kier molecular flexibility index (Phi) is 6.07. The number of nitrogens with zero attached hydrogens (tertiary/aromatic N) is 3. The fourth-order valence-electron chi connectivity index (χ4n) is 2.79. The van der Waals surface area contributed by atoms with Crippen LogP contribution < -0.4 is 10.3 Å². The molecule has 0 unspecified atom stereocenters. The maximum Gasteiger partial charge on any atom is 0.277 e. The van der Waals surface area contributed by atoms with Crippen molar-refractivity contribution in [1.29, 1.82) is 5.41 Å². The zero-order valence-corrected chi connectivity index (χ0v) is 16.9. The number of allylic oxidation sites excluding steroid dienone is 1. The molecule has 0 aliphatic carbocycles. The molecule has 1 N–H and O–H groups in total. The van der Waals surface area contributed by atoms with E-state index in [2.05, 4.69) is 16.5 Å². The first-order valence-corrected chi connectivity index (χ1v) is 9.14. The molecule has 0 fully saturated rings. The fraction of sp³-hybridized carbons (Fsp3) is 0.143. The molecule has 0 aromatic carbocycles. The summed E-state index contributed by atoms with van der Waals surface area (Å²) in [5, 5.41) is 7.68. The third-order valence-electron chi connectivity index (χ3n) is 4.34. The molecule has 3 aromatic rings. The summed E-state index contributed by atoms with van der Waals surface area (Å²) in [5.41, 5.74) is 1.50. The first kappa shape index (κ1) is 21.3. The third kappa shape index (κ3) is 4.13. The molecule has 3 aromatic heterocycles. The third-order valence-corrected chi connectivity index (χ3v) is 4.69. The molecule has 3 heterocycles. The first-order valence-electron chi connectivity index (χ1n) is 8.76. The molecule has 0 spiro atoms. The van der Waals surface area contributed by atoms with Crippen LogP contribution in [0.3, 0.4) is 0 Å². The smallest absolute Gasteiger partial charge is 0.277 e. The summed E-state index contributed by atoms with van der Waals surface area (Å²) < 4.78 is 33.6. The summed E-state index contributed by atoms with van der Waals surface area (Å²) in [4.78, 5) is 20.8. The normalized spacial score (nSPS) is 10.7. The minimum Gasteiger partial charge on any atom is -0.485 e. The van der Waals surface area contributed by atoms with E-state index < -0.39 is 17.2 Å². The summed E-state index contributed by atoms with van der Waals surface area (Å²) in [7, 11) is 0. The van der Waals surface area contributed by atoms with E-state index in [9.17, 15) is 13.6 Å². The van der Waals surface area contributed by atoms with Gasteiger partial charge in [-0.15, -0.1) is 0 Å². The van der Waals surface area contributed by atoms with E-state index in [1.165, 1.54) is 16.7 Å². The predicted molar refractivity (Wildman–Crippen MR) is 110 cm³/mol. The predicted octanol–water partition coefficient (Wildman–Crippen LogP) is 4.31. The molecule has 0 amide bonds. The van der Waals surface area contributed by atoms with Crippen LogP contribution in [0.25, 0.3) is 5.69 Å². The van der Waals surface area contributed by atoms with E-state index in [1.54, 1.807) is 26.1 Å². The number of aryl methyl sites for hydroxylation is 2. The Hall–Kier alpha value is -3.39. The molecule has 0 radical (unpaired) electrons. The summed E-state index contributed by atoms with van der Waals surface area (Å²) in [6, 6.07) is 3.83. The quantitative estimate of drug-likeness (QED) is 0.591. The Balaban J connectivity index is 2.00. The van der Waals surface area contributed by atoms with Crippen LogP contribution in [0, 0.1) is 30.9 Å². The number of hydrogen-bond acceptors (Lipinski definition) is 5. The lowest BCUT2D eigenvalue weighted by molar-refractivity contribution is 0.292. The van der Waals surface area contributed by atoms with Crippen molar-refractivity contribution in [1.82, 2.24) is 14.5 Å². The maximum absolute atomic E-state index is 13.8. The molecule has 154 valence electrons. The summed E-state index contributed by atoms with van der Waals surface area (Å²) >= 11 is 6.23. The Morgan fingerprint density at radius 1 is 1.27 bits per heavy atom. The molecule has 30 heavy (non-hydrogen) atoms. The minimum atomic E-state index is -0.860. The van der Waals surface area contributed by atoms with Crippen LogP contribution >= 0.6 is 11.6 Å². The first-order chi connectivity index (χ1) is 14.2. The van der Waals surface area contributed by atoms with Crippen LogP contribution in [0.2, 0.25) is 5.02 Å². The van der Waals surface area contributed by atoms with Crippen molar-refractivity contribution >= 4 is 17.3 Å². The van der Waals surface area contributed by atoms with E-state index in [-0.39, 0.29) is 28.8 Å². The van der Waals surface area contributed by atoms with Crippen molar-refractivity contribution in [3.8, 4) is 11.4 Å². The standard InChI is InChI=1S/C21H17ClF2N4O2/c1-4-15(25)16-7-18(11(2)8-26-16)28-12(3)5-19(20(22)21(28)29)30-10-17-14(24)6-13(23)9-27-17/h4-9,25H,1,10H2,2-3H3. The maximum atomic E-state index is 13.8. The number of pyridine rings is 3. The van der Waals surface area contributed by atoms with Gasteiger partial charge in [0.25, 0.3) is 5.56 Å². The topological polar surface area (TPSA) is 80.9 Å². The second-order valence-corrected chi connectivity index (χ2v) is 6.83. The van der Waals surface area contributed by atoms with Crippen molar-refractivity contribution in [3.05, 3.63) is 92.9 Å². The number of aromatic nitrogens is 3. The summed E-state index contributed by atoms with van der Waals surface area (Å²) in [6.07, 6.45) is 3.77. The average molecular weight is 431 g/mol. The van der Waals surface area contributed by atoms with Gasteiger partial charge in [0.2, 0.25) is 0 Å². The van der Waals surface area contributed by atoms with Crippen molar-refractivity contribution in [2.45, 2.75) is 20.5 Å². The minimum absolute atomic E-state index is 0.0479. The van der Waals surface area contributed by atoms with Crippen molar-refractivity contribution in [2.24, 2.45) is 0 Å². The highest BCUT2D eigenvalue weighted by Gasteiger charge is 2.17. The van der Waals surface area contributed by atoms with E-state index in [0.717, 1.165) is 6.20 Å². The Morgan fingerprint density at radius 2 is 2.00 bits per heavy atom. The number of halogens is 3. The number of nitrogens with one attached hydrogen (secondary N) is 1. The molecule has 0 aliphatic rings. The van der Waals surface area contributed by atoms with Gasteiger partial charge in [0.15, 0.2) is 5.82 Å². The molecule has 6 nitrogen and oxygen atoms in total. The number of ether oxygens (including phenoxy) is 1. The molecular weight excluding hydrogens is 414 g/mol. The molecule has 0 atom stereocenters. The highest BCUT2D eigenvalue weighted by Crippen LogP contribution is 2.25. The number of hydrogen-bond donors (Lipinski definition) is 1. The van der Waals surface area contributed by atoms with Crippen molar-refractivity contribution < 1.29 is 13.5 Å². The zero-order valence-electron chi connectivity index (χ0n) is 16.2. The number of rotatable bonds is 6. The molecule has 0 saturated carbocycles. The monoisotopic (exact) mass is 430 g/mol. The molecule has 9 heteroatoms. The molecule has 0 aliphatic heterocycles. The van der Waals surface area contributed by atoms with Crippen LogP contribution in [0.5, 0.6) is 5.75 Å². The van der Waals surface area contributed by atoms with Gasteiger partial charge in [-0.05, 0) is 31.6 Å². The average Bonchev–Trinajstić information content (AvgIpc) is 2.71. The van der Waals surface area contributed by atoms with Gasteiger partial charge < -0.3 is 4.74 Å². The van der Waals surface area contributed by atoms with Crippen molar-refractivity contribution in [2.75, 3.05) is 0 Å². The van der Waals surface area contributed by atoms with E-state index in [0.29, 0.717) is 28.7 Å². The van der Waals surface area contributed by atoms with Gasteiger partial charge in [0.1, 0.15) is 28.9 Å². The largest absolute Gasteiger partial charge is 0.485 e. The molecule has 0 saturated heterocycles. The van der Waals surface area contributed by atoms with E-state index in [1.807, 2.05) is 0 Å². The van der Waals surface area contributed by atoms with Gasteiger partial charge in [-0.25, -0.2) is 8.78 Å². The van der Waals surface area contributed by atoms with Gasteiger partial charge in [-0.1, -0.05) is 18.2 Å². The van der Waals surface area contributed by atoms with Gasteiger partial charge in [0, 0.05) is 24.0 Å². The van der Waals surface area contributed by atoms with Crippen LogP contribution in [-0.2, 0) is 6.61 Å². The highest BCUT2D eigenvalue weighted by molar-refractivity contribution is 6.31. The molecule has 3 rings (SSSR count). The van der Waals surface area contributed by atoms with Gasteiger partial charge in [-0.3, -0.25) is 24.7 Å². The SMILES string of the molecule is C=CC(=N)c1cc(-n2c(C)cc(OCc3ncc(F)cc3F)c(Cl)c2=O)c(C)cn1.